The van der Waals surface area contributed by atoms with Crippen molar-refractivity contribution in [1.29, 1.82) is 0 Å². The third-order valence-electron chi connectivity index (χ3n) is 0.811. The first-order chi connectivity index (χ1) is 3.93. The molecule has 3 nitrogen and oxygen atoms in total. The van der Waals surface area contributed by atoms with Crippen LogP contribution in [0.25, 0.3) is 0 Å². The van der Waals surface area contributed by atoms with Crippen molar-refractivity contribution in [3.63, 3.8) is 0 Å². The minimum absolute atomic E-state index is 0.861. The van der Waals surface area contributed by atoms with Crippen LogP contribution in [-0.4, -0.2) is 15.2 Å². The third-order valence-corrected chi connectivity index (χ3v) is 0.811. The molecule has 1 aromatic rings. The third kappa shape index (κ3) is 0.992. The van der Waals surface area contributed by atoms with Gasteiger partial charge >= 0.3 is 0 Å². The van der Waals surface area contributed by atoms with E-state index in [1.807, 2.05) is 13.3 Å². The van der Waals surface area contributed by atoms with Crippen molar-refractivity contribution in [2.24, 2.45) is 0 Å². The van der Waals surface area contributed by atoms with E-state index in [0.717, 1.165) is 5.69 Å². The molecule has 0 aliphatic heterocycles. The van der Waals surface area contributed by atoms with Gasteiger partial charge in [0.15, 0.2) is 0 Å². The Kier molecular flexibility index (Phi) is 1.51. The topological polar surface area (TPSA) is 38.7 Å². The molecule has 1 aromatic heterocycles. The van der Waals surface area contributed by atoms with Gasteiger partial charge in [-0.25, -0.2) is 4.98 Å². The Morgan fingerprint density at radius 2 is 2.38 bits per heavy atom. The van der Waals surface area contributed by atoms with Gasteiger partial charge in [0, 0.05) is 6.42 Å². The second-order valence-electron chi connectivity index (χ2n) is 1.32. The summed E-state index contributed by atoms with van der Waals surface area (Å²) in [7, 11) is 0. The summed E-state index contributed by atoms with van der Waals surface area (Å²) in [5.41, 5.74) is 0.861. The smallest absolute Gasteiger partial charge is 0.138 e. The molecule has 0 atom stereocenters. The van der Waals surface area contributed by atoms with E-state index < -0.39 is 0 Å². The molecular formula is C5H6N3. The van der Waals surface area contributed by atoms with Crippen molar-refractivity contribution in [3.05, 3.63) is 24.6 Å². The summed E-state index contributed by atoms with van der Waals surface area (Å²) < 4.78 is 0. The lowest BCUT2D eigenvalue weighted by atomic mass is 10.4. The average Bonchev–Trinajstić information content (AvgIpc) is 1.90. The fourth-order valence-corrected chi connectivity index (χ4v) is 0.397. The van der Waals surface area contributed by atoms with E-state index >= 15 is 0 Å². The van der Waals surface area contributed by atoms with E-state index in [-0.39, 0.29) is 0 Å². The van der Waals surface area contributed by atoms with Crippen molar-refractivity contribution in [2.75, 3.05) is 0 Å². The number of nitrogens with zero attached hydrogens (tertiary/aromatic N) is 3. The van der Waals surface area contributed by atoms with Crippen LogP contribution in [0.2, 0.25) is 0 Å². The molecule has 0 unspecified atom stereocenters. The molecule has 1 rings (SSSR count). The molecule has 0 N–H and O–H groups in total. The maximum absolute atomic E-state index is 3.87. The summed E-state index contributed by atoms with van der Waals surface area (Å²) in [5.74, 6) is 0. The van der Waals surface area contributed by atoms with E-state index in [0.29, 0.717) is 0 Å². The van der Waals surface area contributed by atoms with E-state index in [1.165, 1.54) is 6.33 Å². The Balaban J connectivity index is 2.83. The molecule has 0 aliphatic carbocycles. The highest BCUT2D eigenvalue weighted by molar-refractivity contribution is 5.02. The lowest BCUT2D eigenvalue weighted by Gasteiger charge is -1.86. The Morgan fingerprint density at radius 1 is 1.50 bits per heavy atom. The zero-order chi connectivity index (χ0) is 5.82. The fourth-order valence-electron chi connectivity index (χ4n) is 0.397. The molecule has 3 heteroatoms. The van der Waals surface area contributed by atoms with E-state index in [1.54, 1.807) is 6.20 Å². The molecule has 1 heterocycles. The minimum Gasteiger partial charge on any atom is -0.237 e. The highest BCUT2D eigenvalue weighted by Crippen LogP contribution is 1.88. The van der Waals surface area contributed by atoms with Crippen molar-refractivity contribution in [1.82, 2.24) is 15.2 Å². The Labute approximate surface area is 47.8 Å². The Hall–Kier alpha value is -0.990. The van der Waals surface area contributed by atoms with Crippen LogP contribution in [0.15, 0.2) is 12.5 Å². The van der Waals surface area contributed by atoms with Crippen LogP contribution in [0.3, 0.4) is 0 Å². The van der Waals surface area contributed by atoms with Crippen LogP contribution < -0.4 is 0 Å². The van der Waals surface area contributed by atoms with E-state index in [2.05, 4.69) is 15.2 Å². The minimum atomic E-state index is 0.861. The molecule has 41 valence electrons. The fraction of sp³-hybridized carbons (Fsp3) is 0.200. The first kappa shape index (κ1) is 5.15. The SMILES string of the molecule is C[CH]c1cnncn1. The van der Waals surface area contributed by atoms with Gasteiger partial charge in [0.2, 0.25) is 0 Å². The van der Waals surface area contributed by atoms with Gasteiger partial charge in [-0.1, -0.05) is 6.92 Å². The molecule has 0 spiro atoms. The highest BCUT2D eigenvalue weighted by atomic mass is 15.1. The molecule has 0 amide bonds. The van der Waals surface area contributed by atoms with Crippen LogP contribution in [0.5, 0.6) is 0 Å². The van der Waals surface area contributed by atoms with Crippen molar-refractivity contribution < 1.29 is 0 Å². The normalized spacial score (nSPS) is 9.12. The summed E-state index contributed by atoms with van der Waals surface area (Å²) >= 11 is 0. The maximum Gasteiger partial charge on any atom is 0.138 e. The largest absolute Gasteiger partial charge is 0.237 e. The zero-order valence-electron chi connectivity index (χ0n) is 4.57. The Bertz CT molecular complexity index is 149. The first-order valence-electron chi connectivity index (χ1n) is 2.35. The standard InChI is InChI=1S/C5H6N3/c1-2-5-3-7-8-4-6-5/h2-4H,1H3. The number of aromatic nitrogens is 3. The van der Waals surface area contributed by atoms with Gasteiger partial charge in [0.25, 0.3) is 0 Å². The molecule has 1 radical (unpaired) electrons. The number of hydrogen-bond acceptors (Lipinski definition) is 3. The van der Waals surface area contributed by atoms with Crippen LogP contribution in [0.1, 0.15) is 12.6 Å². The molecular weight excluding hydrogens is 102 g/mol. The maximum atomic E-state index is 3.87. The van der Waals surface area contributed by atoms with Gasteiger partial charge in [-0.15, -0.1) is 5.10 Å². The lowest BCUT2D eigenvalue weighted by molar-refractivity contribution is 0.943. The zero-order valence-corrected chi connectivity index (χ0v) is 4.57. The first-order valence-corrected chi connectivity index (χ1v) is 2.35. The van der Waals surface area contributed by atoms with Crippen molar-refractivity contribution >= 4 is 0 Å². The van der Waals surface area contributed by atoms with Gasteiger partial charge in [-0.2, -0.15) is 5.10 Å². The summed E-state index contributed by atoms with van der Waals surface area (Å²) in [4.78, 5) is 3.87. The predicted octanol–water partition coefficient (Wildman–Crippen LogP) is 0.444. The van der Waals surface area contributed by atoms with Crippen LogP contribution in [0.4, 0.5) is 0 Å². The second kappa shape index (κ2) is 2.35. The molecule has 0 bridgehead atoms. The van der Waals surface area contributed by atoms with Gasteiger partial charge in [-0.3, -0.25) is 0 Å². The number of rotatable bonds is 1. The summed E-state index contributed by atoms with van der Waals surface area (Å²) in [6.45, 7) is 1.91. The highest BCUT2D eigenvalue weighted by Gasteiger charge is 1.84. The Morgan fingerprint density at radius 3 is 2.75 bits per heavy atom. The molecule has 0 fully saturated rings. The quantitative estimate of drug-likeness (QED) is 0.524. The van der Waals surface area contributed by atoms with Crippen LogP contribution in [0, 0.1) is 6.42 Å². The van der Waals surface area contributed by atoms with Crippen LogP contribution in [-0.2, 0) is 0 Å². The monoisotopic (exact) mass is 108 g/mol. The van der Waals surface area contributed by atoms with Gasteiger partial charge in [-0.05, 0) is 0 Å². The van der Waals surface area contributed by atoms with Crippen molar-refractivity contribution in [3.8, 4) is 0 Å². The predicted molar refractivity (Wildman–Crippen MR) is 28.9 cm³/mol. The molecule has 8 heavy (non-hydrogen) atoms. The van der Waals surface area contributed by atoms with Gasteiger partial charge < -0.3 is 0 Å². The molecule has 0 saturated carbocycles. The van der Waals surface area contributed by atoms with Gasteiger partial charge in [0.05, 0.1) is 11.9 Å². The summed E-state index contributed by atoms with van der Waals surface area (Å²) in [6, 6.07) is 0. The van der Waals surface area contributed by atoms with E-state index in [4.69, 9.17) is 0 Å². The molecule has 0 aliphatic rings. The van der Waals surface area contributed by atoms with Gasteiger partial charge in [0.1, 0.15) is 6.33 Å². The summed E-state index contributed by atoms with van der Waals surface area (Å²) in [6.07, 6.45) is 4.91. The molecule has 0 saturated heterocycles. The second-order valence-corrected chi connectivity index (χ2v) is 1.32. The van der Waals surface area contributed by atoms with Crippen LogP contribution >= 0.6 is 0 Å². The lowest BCUT2D eigenvalue weighted by Crippen LogP contribution is -1.86. The average molecular weight is 108 g/mol. The van der Waals surface area contributed by atoms with Crippen molar-refractivity contribution in [2.45, 2.75) is 6.92 Å². The summed E-state index contributed by atoms with van der Waals surface area (Å²) in [5, 5.41) is 7.12. The molecule has 0 aromatic carbocycles. The van der Waals surface area contributed by atoms with E-state index in [9.17, 15) is 0 Å². The number of hydrogen-bond donors (Lipinski definition) is 0.